The van der Waals surface area contributed by atoms with E-state index in [9.17, 15) is 10.1 Å². The summed E-state index contributed by atoms with van der Waals surface area (Å²) in [7, 11) is 0. The molecule has 0 heterocycles. The van der Waals surface area contributed by atoms with E-state index in [0.29, 0.717) is 6.54 Å². The maximum atomic E-state index is 10.5. The van der Waals surface area contributed by atoms with E-state index in [2.05, 4.69) is 17.2 Å². The van der Waals surface area contributed by atoms with Crippen molar-refractivity contribution in [2.75, 3.05) is 13.1 Å². The molecule has 0 aromatic carbocycles. The van der Waals surface area contributed by atoms with Crippen LogP contribution in [0.25, 0.3) is 0 Å². The Morgan fingerprint density at radius 3 is 2.41 bits per heavy atom. The molecule has 0 N–H and O–H groups in total. The van der Waals surface area contributed by atoms with Crippen molar-refractivity contribution in [1.29, 1.82) is 0 Å². The first-order valence-corrected chi connectivity index (χ1v) is 6.35. The van der Waals surface area contributed by atoms with E-state index in [1.165, 1.54) is 0 Å². The van der Waals surface area contributed by atoms with Crippen molar-refractivity contribution in [3.05, 3.63) is 10.1 Å². The molecule has 0 aliphatic heterocycles. The first-order valence-electron chi connectivity index (χ1n) is 6.35. The van der Waals surface area contributed by atoms with Crippen molar-refractivity contribution < 1.29 is 4.92 Å². The molecule has 0 rings (SSSR count). The molecule has 17 heavy (non-hydrogen) atoms. The number of nitro groups is 1. The summed E-state index contributed by atoms with van der Waals surface area (Å²) >= 11 is 0. The zero-order valence-electron chi connectivity index (χ0n) is 11.5. The number of nitrogens with zero attached hydrogens (tertiary/aromatic N) is 3. The fourth-order valence-electron chi connectivity index (χ4n) is 1.50. The summed E-state index contributed by atoms with van der Waals surface area (Å²) in [6.07, 6.45) is 4.18. The number of rotatable bonds is 8. The van der Waals surface area contributed by atoms with Crippen LogP contribution in [0.3, 0.4) is 0 Å². The molecule has 0 saturated carbocycles. The molecular formula is C12H25N3O2. The van der Waals surface area contributed by atoms with Gasteiger partial charge in [-0.15, -0.1) is 0 Å². The second-order valence-electron chi connectivity index (χ2n) is 5.47. The average Bonchev–Trinajstić information content (AvgIpc) is 2.14. The Kier molecular flexibility index (Phi) is 7.66. The van der Waals surface area contributed by atoms with E-state index < -0.39 is 0 Å². The van der Waals surface area contributed by atoms with E-state index in [1.807, 2.05) is 20.8 Å². The minimum absolute atomic E-state index is 0.00682. The average molecular weight is 243 g/mol. The number of hydrogen-bond donors (Lipinski definition) is 0. The first-order chi connectivity index (χ1) is 7.85. The van der Waals surface area contributed by atoms with Crippen molar-refractivity contribution in [3.63, 3.8) is 0 Å². The van der Waals surface area contributed by atoms with Crippen LogP contribution in [-0.4, -0.2) is 23.6 Å². The van der Waals surface area contributed by atoms with Crippen LogP contribution < -0.4 is 0 Å². The van der Waals surface area contributed by atoms with Gasteiger partial charge in [0.2, 0.25) is 6.54 Å². The van der Waals surface area contributed by atoms with Gasteiger partial charge in [0, 0.05) is 10.8 Å². The van der Waals surface area contributed by atoms with Crippen molar-refractivity contribution >= 4 is 0 Å². The smallest absolute Gasteiger partial charge is 0.208 e. The van der Waals surface area contributed by atoms with Crippen LogP contribution >= 0.6 is 0 Å². The van der Waals surface area contributed by atoms with Gasteiger partial charge in [-0.3, -0.25) is 10.1 Å². The fraction of sp³-hybridized carbons (Fsp3) is 1.00. The van der Waals surface area contributed by atoms with Gasteiger partial charge in [0.05, 0.1) is 12.1 Å². The summed E-state index contributed by atoms with van der Waals surface area (Å²) in [6, 6.07) is 0. The highest BCUT2D eigenvalue weighted by Gasteiger charge is 2.15. The fourth-order valence-corrected chi connectivity index (χ4v) is 1.50. The molecule has 0 fully saturated rings. The predicted octanol–water partition coefficient (Wildman–Crippen LogP) is 3.71. The monoisotopic (exact) mass is 243 g/mol. The highest BCUT2D eigenvalue weighted by atomic mass is 16.6. The molecule has 0 aliphatic rings. The molecule has 0 unspecified atom stereocenters. The Morgan fingerprint density at radius 2 is 1.94 bits per heavy atom. The topological polar surface area (TPSA) is 67.9 Å². The molecule has 0 aromatic heterocycles. The van der Waals surface area contributed by atoms with Crippen LogP contribution in [0.15, 0.2) is 10.2 Å². The second kappa shape index (κ2) is 8.14. The lowest BCUT2D eigenvalue weighted by atomic mass is 10.0. The van der Waals surface area contributed by atoms with E-state index >= 15 is 0 Å². The maximum Gasteiger partial charge on any atom is 0.208 e. The van der Waals surface area contributed by atoms with E-state index in [1.54, 1.807) is 0 Å². The van der Waals surface area contributed by atoms with E-state index in [-0.39, 0.29) is 22.9 Å². The lowest BCUT2D eigenvalue weighted by molar-refractivity contribution is -0.487. The van der Waals surface area contributed by atoms with Crippen molar-refractivity contribution in [2.45, 2.75) is 58.9 Å². The van der Waals surface area contributed by atoms with Crippen molar-refractivity contribution in [2.24, 2.45) is 16.1 Å². The molecule has 5 heteroatoms. The van der Waals surface area contributed by atoms with Gasteiger partial charge in [0.1, 0.15) is 0 Å². The third-order valence-electron chi connectivity index (χ3n) is 2.33. The largest absolute Gasteiger partial charge is 0.265 e. The third kappa shape index (κ3) is 11.3. The van der Waals surface area contributed by atoms with Gasteiger partial charge in [0.15, 0.2) is 0 Å². The summed E-state index contributed by atoms with van der Waals surface area (Å²) < 4.78 is 0. The summed E-state index contributed by atoms with van der Waals surface area (Å²) in [4.78, 5) is 10.3. The molecule has 5 nitrogen and oxygen atoms in total. The summed E-state index contributed by atoms with van der Waals surface area (Å²) in [5.41, 5.74) is -0.192. The SMILES string of the molecule is CCCCC[C@H](CN=NC(C)(C)C)C[N+](=O)[O-]. The quantitative estimate of drug-likeness (QED) is 0.282. The van der Waals surface area contributed by atoms with Gasteiger partial charge in [-0.1, -0.05) is 26.2 Å². The molecule has 100 valence electrons. The predicted molar refractivity (Wildman–Crippen MR) is 69.0 cm³/mol. The lowest BCUT2D eigenvalue weighted by Gasteiger charge is -2.12. The van der Waals surface area contributed by atoms with Crippen LogP contribution in [-0.2, 0) is 0 Å². The highest BCUT2D eigenvalue weighted by Crippen LogP contribution is 2.13. The summed E-state index contributed by atoms with van der Waals surface area (Å²) in [5, 5.41) is 18.8. The van der Waals surface area contributed by atoms with Crippen LogP contribution in [0.5, 0.6) is 0 Å². The van der Waals surface area contributed by atoms with Crippen LogP contribution in [0.1, 0.15) is 53.4 Å². The Morgan fingerprint density at radius 1 is 1.29 bits per heavy atom. The molecule has 0 aromatic rings. The minimum atomic E-state index is -0.247. The van der Waals surface area contributed by atoms with Gasteiger partial charge in [-0.05, 0) is 27.2 Å². The standard InChI is InChI=1S/C12H25N3O2/c1-5-6-7-8-11(10-15(16)17)9-13-14-12(2,3)4/h11H,5-10H2,1-4H3/t11-/m1/s1. The molecular weight excluding hydrogens is 218 g/mol. The van der Waals surface area contributed by atoms with Crippen molar-refractivity contribution in [1.82, 2.24) is 0 Å². The van der Waals surface area contributed by atoms with Gasteiger partial charge in [-0.2, -0.15) is 10.2 Å². The van der Waals surface area contributed by atoms with E-state index in [4.69, 9.17) is 0 Å². The van der Waals surface area contributed by atoms with Gasteiger partial charge in [0.25, 0.3) is 0 Å². The Balaban J connectivity index is 4.09. The second-order valence-corrected chi connectivity index (χ2v) is 5.47. The molecule has 0 saturated heterocycles. The van der Waals surface area contributed by atoms with E-state index in [0.717, 1.165) is 25.7 Å². The third-order valence-corrected chi connectivity index (χ3v) is 2.33. The maximum absolute atomic E-state index is 10.5. The van der Waals surface area contributed by atoms with Crippen LogP contribution in [0, 0.1) is 16.0 Å². The molecule has 0 bridgehead atoms. The Bertz CT molecular complexity index is 247. The lowest BCUT2D eigenvalue weighted by Crippen LogP contribution is -2.18. The van der Waals surface area contributed by atoms with Gasteiger partial charge < -0.3 is 0 Å². The Hall–Kier alpha value is -1.00. The summed E-state index contributed by atoms with van der Waals surface area (Å²) in [6.45, 7) is 8.51. The normalized spacial score (nSPS) is 14.1. The van der Waals surface area contributed by atoms with Gasteiger partial charge in [-0.25, -0.2) is 0 Å². The number of azo groups is 1. The van der Waals surface area contributed by atoms with Crippen molar-refractivity contribution in [3.8, 4) is 0 Å². The Labute approximate surface area is 104 Å². The molecule has 0 spiro atoms. The molecule has 1 atom stereocenters. The minimum Gasteiger partial charge on any atom is -0.265 e. The number of unbranched alkanes of at least 4 members (excludes halogenated alkanes) is 2. The van der Waals surface area contributed by atoms with Gasteiger partial charge >= 0.3 is 0 Å². The number of hydrogen-bond acceptors (Lipinski definition) is 4. The molecule has 0 radical (unpaired) electrons. The van der Waals surface area contributed by atoms with Crippen LogP contribution in [0.4, 0.5) is 0 Å². The zero-order valence-corrected chi connectivity index (χ0v) is 11.5. The highest BCUT2D eigenvalue weighted by molar-refractivity contribution is 4.68. The molecule has 0 amide bonds. The first kappa shape index (κ1) is 16.0. The summed E-state index contributed by atoms with van der Waals surface area (Å²) in [5.74, 6) is 0.0302. The molecule has 0 aliphatic carbocycles. The van der Waals surface area contributed by atoms with Crippen LogP contribution in [0.2, 0.25) is 0 Å². The zero-order chi connectivity index (χ0) is 13.3.